The van der Waals surface area contributed by atoms with Crippen LogP contribution in [-0.2, 0) is 21.1 Å². The number of aromatic nitrogens is 2. The molecule has 2 heterocycles. The van der Waals surface area contributed by atoms with Crippen molar-refractivity contribution in [1.82, 2.24) is 9.97 Å². The van der Waals surface area contributed by atoms with Gasteiger partial charge in [-0.25, -0.2) is 4.98 Å². The van der Waals surface area contributed by atoms with Gasteiger partial charge in [0.25, 0.3) is 5.43 Å². The zero-order chi connectivity index (χ0) is 7.14. The first-order chi connectivity index (χ1) is 4.79. The van der Waals surface area contributed by atoms with Crippen molar-refractivity contribution in [2.75, 3.05) is 0 Å². The monoisotopic (exact) mass is 329 g/mol. The maximum absolute atomic E-state index is 10.8. The van der Waals surface area contributed by atoms with E-state index in [1.54, 1.807) is 0 Å². The van der Waals surface area contributed by atoms with Gasteiger partial charge in [-0.1, -0.05) is 0 Å². The Balaban J connectivity index is 0.000000605. The third kappa shape index (κ3) is 1.03. The molecule has 0 unspecified atom stereocenters. The van der Waals surface area contributed by atoms with E-state index >= 15 is 0 Å². The second kappa shape index (κ2) is 2.62. The standard InChI is InChI=1S/C6H2N2O2.Pt/c9-5-4-3(1-2-7-4)8-6(5)10;/h1-2H;. The summed E-state index contributed by atoms with van der Waals surface area (Å²) in [6, 6.07) is 1.54. The summed E-state index contributed by atoms with van der Waals surface area (Å²) in [6.07, 6.45) is 1.46. The Labute approximate surface area is 75.6 Å². The van der Waals surface area contributed by atoms with E-state index in [1.165, 1.54) is 12.3 Å². The molecule has 0 fully saturated rings. The summed E-state index contributed by atoms with van der Waals surface area (Å²) >= 11 is 0. The molecule has 11 heavy (non-hydrogen) atoms. The maximum Gasteiger partial charge on any atom is 0.320 e. The minimum Gasteiger partial charge on any atom is -0.281 e. The van der Waals surface area contributed by atoms with Gasteiger partial charge < -0.3 is 0 Å². The second-order valence-electron chi connectivity index (χ2n) is 1.92. The molecule has 58 valence electrons. The van der Waals surface area contributed by atoms with E-state index in [9.17, 15) is 9.59 Å². The second-order valence-corrected chi connectivity index (χ2v) is 1.92. The molecular formula is C6H2N2O2Pt. The average Bonchev–Trinajstić information content (AvgIpc) is 2.41. The summed E-state index contributed by atoms with van der Waals surface area (Å²) in [4.78, 5) is 28.4. The van der Waals surface area contributed by atoms with E-state index in [1.807, 2.05) is 0 Å². The molecule has 0 saturated heterocycles. The topological polar surface area (TPSA) is 59.9 Å². The van der Waals surface area contributed by atoms with Crippen LogP contribution in [0.4, 0.5) is 0 Å². The summed E-state index contributed by atoms with van der Waals surface area (Å²) in [5.74, 6) is 0. The molecule has 0 saturated carbocycles. The summed E-state index contributed by atoms with van der Waals surface area (Å²) in [6.45, 7) is 0. The Morgan fingerprint density at radius 3 is 2.64 bits per heavy atom. The van der Waals surface area contributed by atoms with Crippen LogP contribution in [0.3, 0.4) is 0 Å². The van der Waals surface area contributed by atoms with Gasteiger partial charge in [-0.2, -0.15) is 0 Å². The molecule has 0 aliphatic carbocycles. The van der Waals surface area contributed by atoms with Crippen molar-refractivity contribution in [3.63, 3.8) is 0 Å². The predicted octanol–water partition coefficient (Wildman–Crippen LogP) is -0.825. The van der Waals surface area contributed by atoms with Gasteiger partial charge in [-0.05, 0) is 6.07 Å². The summed E-state index contributed by atoms with van der Waals surface area (Å²) in [7, 11) is 0. The first-order valence-corrected chi connectivity index (χ1v) is 2.71. The third-order valence-corrected chi connectivity index (χ3v) is 1.31. The Hall–Kier alpha value is -0.892. The maximum atomic E-state index is 10.8. The molecule has 0 atom stereocenters. The summed E-state index contributed by atoms with van der Waals surface area (Å²) < 4.78 is 0. The van der Waals surface area contributed by atoms with Crippen LogP contribution in [0.15, 0.2) is 21.9 Å². The molecule has 0 amide bonds. The molecule has 2 aliphatic rings. The fourth-order valence-corrected chi connectivity index (χ4v) is 0.854. The number of nitrogens with zero attached hydrogens (tertiary/aromatic N) is 2. The fourth-order valence-electron chi connectivity index (χ4n) is 0.854. The molecule has 2 rings (SSSR count). The van der Waals surface area contributed by atoms with Crippen LogP contribution in [0.5, 0.6) is 0 Å². The number of rotatable bonds is 0. The molecule has 0 radical (unpaired) electrons. The Kier molecular flexibility index (Phi) is 1.96. The van der Waals surface area contributed by atoms with Crippen LogP contribution in [0, 0.1) is 0 Å². The quantitative estimate of drug-likeness (QED) is 0.593. The summed E-state index contributed by atoms with van der Waals surface area (Å²) in [5, 5.41) is 0. The SMILES string of the molecule is O=c1nc2ccnc-2c1=O.[Pt]. The minimum absolute atomic E-state index is 0. The van der Waals surface area contributed by atoms with Gasteiger partial charge in [0.2, 0.25) is 0 Å². The van der Waals surface area contributed by atoms with Gasteiger partial charge in [-0.3, -0.25) is 14.6 Å². The largest absolute Gasteiger partial charge is 0.320 e. The van der Waals surface area contributed by atoms with Gasteiger partial charge >= 0.3 is 5.56 Å². The van der Waals surface area contributed by atoms with Crippen LogP contribution in [0.2, 0.25) is 0 Å². The molecule has 2 aliphatic heterocycles. The van der Waals surface area contributed by atoms with Gasteiger partial charge in [0.05, 0.1) is 5.69 Å². The van der Waals surface area contributed by atoms with Gasteiger partial charge in [-0.15, -0.1) is 0 Å². The number of fused-ring (bicyclic) bond motifs is 1. The number of hydrogen-bond donors (Lipinski definition) is 0. The van der Waals surface area contributed by atoms with E-state index in [0.29, 0.717) is 5.69 Å². The normalized spacial score (nSPS) is 9.82. The molecule has 0 bridgehead atoms. The van der Waals surface area contributed by atoms with E-state index in [4.69, 9.17) is 0 Å². The van der Waals surface area contributed by atoms with Crippen LogP contribution in [0.1, 0.15) is 0 Å². The average molecular weight is 329 g/mol. The Morgan fingerprint density at radius 2 is 2.00 bits per heavy atom. The zero-order valence-corrected chi connectivity index (χ0v) is 7.45. The van der Waals surface area contributed by atoms with E-state index < -0.39 is 11.0 Å². The molecule has 0 aromatic rings. The van der Waals surface area contributed by atoms with E-state index in [0.717, 1.165) is 0 Å². The summed E-state index contributed by atoms with van der Waals surface area (Å²) in [5.41, 5.74) is -0.724. The minimum atomic E-state index is -0.710. The van der Waals surface area contributed by atoms with E-state index in [2.05, 4.69) is 9.97 Å². The molecule has 0 aromatic carbocycles. The first kappa shape index (κ1) is 8.21. The van der Waals surface area contributed by atoms with Crippen molar-refractivity contribution >= 4 is 0 Å². The molecule has 0 aromatic heterocycles. The van der Waals surface area contributed by atoms with Crippen LogP contribution >= 0.6 is 0 Å². The fraction of sp³-hybridized carbons (Fsp3) is 0. The Morgan fingerprint density at radius 1 is 1.27 bits per heavy atom. The first-order valence-electron chi connectivity index (χ1n) is 2.71. The van der Waals surface area contributed by atoms with Crippen LogP contribution in [0.25, 0.3) is 11.4 Å². The van der Waals surface area contributed by atoms with Gasteiger partial charge in [0.1, 0.15) is 5.69 Å². The smallest absolute Gasteiger partial charge is 0.281 e. The molecule has 4 nitrogen and oxygen atoms in total. The van der Waals surface area contributed by atoms with Gasteiger partial charge in [0, 0.05) is 27.3 Å². The molecule has 0 spiro atoms. The van der Waals surface area contributed by atoms with Crippen molar-refractivity contribution in [3.05, 3.63) is 32.8 Å². The van der Waals surface area contributed by atoms with Crippen LogP contribution < -0.4 is 11.0 Å². The molecule has 5 heteroatoms. The predicted molar refractivity (Wildman–Crippen MR) is 33.6 cm³/mol. The van der Waals surface area contributed by atoms with Crippen molar-refractivity contribution in [2.24, 2.45) is 0 Å². The van der Waals surface area contributed by atoms with Crippen molar-refractivity contribution in [3.8, 4) is 11.4 Å². The van der Waals surface area contributed by atoms with E-state index in [-0.39, 0.29) is 26.8 Å². The van der Waals surface area contributed by atoms with Crippen molar-refractivity contribution in [2.45, 2.75) is 0 Å². The molecule has 0 N–H and O–H groups in total. The number of hydrogen-bond acceptors (Lipinski definition) is 4. The van der Waals surface area contributed by atoms with Crippen molar-refractivity contribution < 1.29 is 21.1 Å². The van der Waals surface area contributed by atoms with Crippen molar-refractivity contribution in [1.29, 1.82) is 0 Å². The Bertz CT molecular complexity index is 419. The third-order valence-electron chi connectivity index (χ3n) is 1.31. The molecular weight excluding hydrogens is 327 g/mol. The van der Waals surface area contributed by atoms with Crippen LogP contribution in [-0.4, -0.2) is 9.97 Å². The van der Waals surface area contributed by atoms with Gasteiger partial charge in [0.15, 0.2) is 0 Å². The zero-order valence-electron chi connectivity index (χ0n) is 5.18.